The molecular weight excluding hydrogens is 286 g/mol. The van der Waals surface area contributed by atoms with E-state index in [1.165, 1.54) is 38.5 Å². The molecule has 1 aromatic heterocycles. The summed E-state index contributed by atoms with van der Waals surface area (Å²) in [5, 5.41) is 9.29. The molecule has 4 heteroatoms. The van der Waals surface area contributed by atoms with E-state index in [0.29, 0.717) is 0 Å². The molecule has 0 amide bonds. The van der Waals surface area contributed by atoms with Gasteiger partial charge in [-0.25, -0.2) is 4.98 Å². The SMILES string of the molecule is CC1(C)OC(C)(C)c2nc(C34CC5CC(CC(C5)C3)C4)nnc21. The summed E-state index contributed by atoms with van der Waals surface area (Å²) in [6.45, 7) is 8.36. The van der Waals surface area contributed by atoms with Crippen molar-refractivity contribution < 1.29 is 4.74 Å². The molecular formula is C19H27N3O. The number of hydrogen-bond acceptors (Lipinski definition) is 4. The molecule has 0 unspecified atom stereocenters. The first-order valence-electron chi connectivity index (χ1n) is 9.24. The van der Waals surface area contributed by atoms with Crippen molar-refractivity contribution in [2.75, 3.05) is 0 Å². The fraction of sp³-hybridized carbons (Fsp3) is 0.842. The van der Waals surface area contributed by atoms with Gasteiger partial charge >= 0.3 is 0 Å². The zero-order valence-corrected chi connectivity index (χ0v) is 14.7. The van der Waals surface area contributed by atoms with Crippen molar-refractivity contribution in [3.05, 3.63) is 17.2 Å². The smallest absolute Gasteiger partial charge is 0.157 e. The number of hydrogen-bond donors (Lipinski definition) is 0. The summed E-state index contributed by atoms with van der Waals surface area (Å²) in [6, 6.07) is 0. The molecule has 0 spiro atoms. The van der Waals surface area contributed by atoms with Crippen LogP contribution in [0.3, 0.4) is 0 Å². The second kappa shape index (κ2) is 4.14. The van der Waals surface area contributed by atoms with E-state index in [9.17, 15) is 0 Å². The highest BCUT2D eigenvalue weighted by Crippen LogP contribution is 2.60. The van der Waals surface area contributed by atoms with E-state index in [2.05, 4.69) is 37.9 Å². The van der Waals surface area contributed by atoms with Gasteiger partial charge in [0, 0.05) is 5.41 Å². The molecule has 23 heavy (non-hydrogen) atoms. The molecule has 1 aliphatic heterocycles. The fourth-order valence-corrected chi connectivity index (χ4v) is 6.49. The summed E-state index contributed by atoms with van der Waals surface area (Å²) in [6.07, 6.45) is 8.18. The van der Waals surface area contributed by atoms with Gasteiger partial charge in [-0.2, -0.15) is 0 Å². The number of rotatable bonds is 1. The average Bonchev–Trinajstić information content (AvgIpc) is 2.62. The van der Waals surface area contributed by atoms with E-state index in [1.807, 2.05) is 0 Å². The van der Waals surface area contributed by atoms with Crippen LogP contribution in [0.2, 0.25) is 0 Å². The van der Waals surface area contributed by atoms with Gasteiger partial charge in [-0.3, -0.25) is 0 Å². The maximum atomic E-state index is 6.22. The molecule has 1 aromatic rings. The van der Waals surface area contributed by atoms with Gasteiger partial charge in [-0.15, -0.1) is 10.2 Å². The van der Waals surface area contributed by atoms with Crippen LogP contribution >= 0.6 is 0 Å². The van der Waals surface area contributed by atoms with Gasteiger partial charge in [0.2, 0.25) is 0 Å². The Bertz CT molecular complexity index is 644. The van der Waals surface area contributed by atoms with Crippen molar-refractivity contribution in [3.63, 3.8) is 0 Å². The summed E-state index contributed by atoms with van der Waals surface area (Å²) in [7, 11) is 0. The normalized spacial score (nSPS) is 42.0. The molecule has 0 radical (unpaired) electrons. The standard InChI is InChI=1S/C19H27N3O/c1-17(2)14-15(18(3,4)23-17)21-22-16(20-14)19-8-11-5-12(9-19)7-13(6-11)10-19/h11-13H,5-10H2,1-4H3. The van der Waals surface area contributed by atoms with E-state index in [-0.39, 0.29) is 11.0 Å². The third kappa shape index (κ3) is 1.90. The Kier molecular flexibility index (Phi) is 2.58. The molecule has 0 saturated heterocycles. The number of aromatic nitrogens is 3. The highest BCUT2D eigenvalue weighted by atomic mass is 16.5. The molecule has 4 bridgehead atoms. The summed E-state index contributed by atoms with van der Waals surface area (Å²) >= 11 is 0. The maximum Gasteiger partial charge on any atom is 0.157 e. The van der Waals surface area contributed by atoms with Crippen molar-refractivity contribution >= 4 is 0 Å². The lowest BCUT2D eigenvalue weighted by Gasteiger charge is -2.55. The molecule has 0 aromatic carbocycles. The largest absolute Gasteiger partial charge is 0.357 e. The average molecular weight is 313 g/mol. The van der Waals surface area contributed by atoms with E-state index >= 15 is 0 Å². The summed E-state index contributed by atoms with van der Waals surface area (Å²) < 4.78 is 6.22. The molecule has 2 heterocycles. The molecule has 0 N–H and O–H groups in total. The Morgan fingerprint density at radius 2 is 1.30 bits per heavy atom. The minimum absolute atomic E-state index is 0.208. The van der Waals surface area contributed by atoms with Gasteiger partial charge < -0.3 is 4.74 Å². The molecule has 6 rings (SSSR count). The van der Waals surface area contributed by atoms with E-state index in [4.69, 9.17) is 9.72 Å². The van der Waals surface area contributed by atoms with Gasteiger partial charge in [0.1, 0.15) is 22.6 Å². The van der Waals surface area contributed by atoms with Crippen molar-refractivity contribution in [3.8, 4) is 0 Å². The minimum atomic E-state index is -0.390. The van der Waals surface area contributed by atoms with Gasteiger partial charge in [0.15, 0.2) is 5.82 Å². The van der Waals surface area contributed by atoms with Gasteiger partial charge in [0.25, 0.3) is 0 Å². The first-order valence-corrected chi connectivity index (χ1v) is 9.24. The Morgan fingerprint density at radius 1 is 0.783 bits per heavy atom. The number of nitrogens with zero attached hydrogens (tertiary/aromatic N) is 3. The highest BCUT2D eigenvalue weighted by molar-refractivity contribution is 5.30. The molecule has 4 nitrogen and oxygen atoms in total. The van der Waals surface area contributed by atoms with Crippen LogP contribution in [0.25, 0.3) is 0 Å². The van der Waals surface area contributed by atoms with Gasteiger partial charge in [-0.05, 0) is 84.0 Å². The van der Waals surface area contributed by atoms with Gasteiger partial charge in [0.05, 0.1) is 0 Å². The van der Waals surface area contributed by atoms with Crippen LogP contribution in [-0.2, 0) is 21.4 Å². The number of fused-ring (bicyclic) bond motifs is 1. The molecule has 0 atom stereocenters. The second-order valence-electron chi connectivity index (χ2n) is 9.65. The Labute approximate surface area is 138 Å². The monoisotopic (exact) mass is 313 g/mol. The first-order chi connectivity index (χ1) is 10.8. The Balaban J connectivity index is 1.61. The Hall–Kier alpha value is -1.03. The molecule has 4 saturated carbocycles. The van der Waals surface area contributed by atoms with Crippen LogP contribution in [0.1, 0.15) is 83.4 Å². The van der Waals surface area contributed by atoms with Crippen LogP contribution in [0.15, 0.2) is 0 Å². The lowest BCUT2D eigenvalue weighted by atomic mass is 9.49. The third-order valence-electron chi connectivity index (χ3n) is 6.85. The quantitative estimate of drug-likeness (QED) is 0.790. The van der Waals surface area contributed by atoms with Crippen LogP contribution in [0, 0.1) is 17.8 Å². The van der Waals surface area contributed by atoms with Crippen molar-refractivity contribution in [2.24, 2.45) is 17.8 Å². The first kappa shape index (κ1) is 14.3. The zero-order chi connectivity index (χ0) is 16.0. The lowest BCUT2D eigenvalue weighted by Crippen LogP contribution is -2.49. The number of ether oxygens (including phenoxy) is 1. The molecule has 4 aliphatic carbocycles. The topological polar surface area (TPSA) is 47.9 Å². The predicted molar refractivity (Wildman–Crippen MR) is 86.8 cm³/mol. The van der Waals surface area contributed by atoms with Crippen molar-refractivity contribution in [1.82, 2.24) is 15.2 Å². The van der Waals surface area contributed by atoms with Crippen LogP contribution in [0.4, 0.5) is 0 Å². The lowest BCUT2D eigenvalue weighted by molar-refractivity contribution is -0.107. The molecule has 5 aliphatic rings. The van der Waals surface area contributed by atoms with Crippen LogP contribution in [0.5, 0.6) is 0 Å². The minimum Gasteiger partial charge on any atom is -0.357 e. The second-order valence-corrected chi connectivity index (χ2v) is 9.65. The summed E-state index contributed by atoms with van der Waals surface area (Å²) in [5.41, 5.74) is 1.39. The van der Waals surface area contributed by atoms with Crippen molar-refractivity contribution in [1.29, 1.82) is 0 Å². The van der Waals surface area contributed by atoms with Gasteiger partial charge in [-0.1, -0.05) is 0 Å². The summed E-state index contributed by atoms with van der Waals surface area (Å²) in [5.74, 6) is 3.72. The van der Waals surface area contributed by atoms with E-state index in [0.717, 1.165) is 35.0 Å². The van der Waals surface area contributed by atoms with Crippen molar-refractivity contribution in [2.45, 2.75) is 82.8 Å². The maximum absolute atomic E-state index is 6.22. The molecule has 124 valence electrons. The third-order valence-corrected chi connectivity index (χ3v) is 6.85. The van der Waals surface area contributed by atoms with E-state index in [1.54, 1.807) is 0 Å². The van der Waals surface area contributed by atoms with Crippen LogP contribution < -0.4 is 0 Å². The highest BCUT2D eigenvalue weighted by Gasteiger charge is 2.54. The summed E-state index contributed by atoms with van der Waals surface area (Å²) in [4.78, 5) is 5.09. The Morgan fingerprint density at radius 3 is 1.87 bits per heavy atom. The van der Waals surface area contributed by atoms with E-state index < -0.39 is 5.60 Å². The molecule has 4 fully saturated rings. The zero-order valence-electron chi connectivity index (χ0n) is 14.7. The fourth-order valence-electron chi connectivity index (χ4n) is 6.49. The van der Waals surface area contributed by atoms with Crippen LogP contribution in [-0.4, -0.2) is 15.2 Å². The predicted octanol–water partition coefficient (Wildman–Crippen LogP) is 3.84.